The number of nitrogens with one attached hydrogen (secondary N) is 1. The van der Waals surface area contributed by atoms with Crippen LogP contribution in [0.15, 0.2) is 42.5 Å². The first-order chi connectivity index (χ1) is 12.0. The molecule has 0 atom stereocenters. The summed E-state index contributed by atoms with van der Waals surface area (Å²) in [5, 5.41) is 3.42. The first-order valence-electron chi connectivity index (χ1n) is 7.36. The number of carbonyl (C=O) groups excluding carboxylic acids is 2. The Labute approximate surface area is 152 Å². The van der Waals surface area contributed by atoms with E-state index in [9.17, 15) is 14.0 Å². The number of esters is 1. The summed E-state index contributed by atoms with van der Waals surface area (Å²) < 4.78 is 19.5. The number of hydrogen-bond acceptors (Lipinski definition) is 4. The fourth-order valence-corrected chi connectivity index (χ4v) is 3.65. The van der Waals surface area contributed by atoms with Crippen LogP contribution < -0.4 is 5.32 Å². The fraction of sp³-hybridized carbons (Fsp3) is 0.111. The number of anilines is 1. The summed E-state index contributed by atoms with van der Waals surface area (Å²) in [6.45, 7) is 1.21. The van der Waals surface area contributed by atoms with E-state index >= 15 is 0 Å². The van der Waals surface area contributed by atoms with E-state index in [2.05, 4.69) is 5.32 Å². The van der Waals surface area contributed by atoms with Crippen molar-refractivity contribution in [3.8, 4) is 0 Å². The van der Waals surface area contributed by atoms with Gasteiger partial charge in [-0.25, -0.2) is 9.18 Å². The van der Waals surface area contributed by atoms with Crippen molar-refractivity contribution in [2.45, 2.75) is 6.92 Å². The summed E-state index contributed by atoms with van der Waals surface area (Å²) in [7, 11) is 0. The van der Waals surface area contributed by atoms with E-state index in [4.69, 9.17) is 16.3 Å². The standard InChI is InChI=1S/C18H13ClFNO3S/c1-10-6-7-13(12(20)8-10)21-15(22)9-24-18(23)17-16(19)11-4-2-3-5-14(11)25-17/h2-8H,9H2,1H3,(H,21,22). The molecule has 3 rings (SSSR count). The lowest BCUT2D eigenvalue weighted by Crippen LogP contribution is -2.21. The second-order valence-corrected chi connectivity index (χ2v) is 6.78. The smallest absolute Gasteiger partial charge is 0.350 e. The maximum atomic E-state index is 13.7. The van der Waals surface area contributed by atoms with Crippen LogP contribution in [-0.4, -0.2) is 18.5 Å². The van der Waals surface area contributed by atoms with Gasteiger partial charge in [-0.15, -0.1) is 11.3 Å². The number of carbonyl (C=O) groups is 2. The van der Waals surface area contributed by atoms with Crippen LogP contribution in [0.1, 0.15) is 15.2 Å². The number of thiophene rings is 1. The minimum atomic E-state index is -0.689. The molecule has 2 aromatic carbocycles. The number of halogens is 2. The number of hydrogen-bond donors (Lipinski definition) is 1. The number of rotatable bonds is 4. The number of amides is 1. The second-order valence-electron chi connectivity index (χ2n) is 5.35. The van der Waals surface area contributed by atoms with Gasteiger partial charge in [0, 0.05) is 10.1 Å². The Kier molecular flexibility index (Phi) is 5.01. The van der Waals surface area contributed by atoms with Crippen LogP contribution in [0.3, 0.4) is 0 Å². The van der Waals surface area contributed by atoms with E-state index in [0.717, 1.165) is 15.6 Å². The van der Waals surface area contributed by atoms with Crippen molar-refractivity contribution < 1.29 is 18.7 Å². The van der Waals surface area contributed by atoms with Crippen molar-refractivity contribution in [2.24, 2.45) is 0 Å². The van der Waals surface area contributed by atoms with Crippen LogP contribution in [0, 0.1) is 12.7 Å². The Balaban J connectivity index is 1.65. The molecule has 25 heavy (non-hydrogen) atoms. The summed E-state index contributed by atoms with van der Waals surface area (Å²) in [5.41, 5.74) is 0.771. The molecule has 3 aromatic rings. The topological polar surface area (TPSA) is 55.4 Å². The maximum Gasteiger partial charge on any atom is 0.350 e. The van der Waals surface area contributed by atoms with Crippen molar-refractivity contribution >= 4 is 50.6 Å². The predicted molar refractivity (Wildman–Crippen MR) is 96.9 cm³/mol. The highest BCUT2D eigenvalue weighted by molar-refractivity contribution is 7.21. The van der Waals surface area contributed by atoms with Crippen LogP contribution in [0.4, 0.5) is 10.1 Å². The van der Waals surface area contributed by atoms with Gasteiger partial charge in [0.2, 0.25) is 0 Å². The lowest BCUT2D eigenvalue weighted by molar-refractivity contribution is -0.119. The zero-order valence-corrected chi connectivity index (χ0v) is 14.7. The third-order valence-electron chi connectivity index (χ3n) is 3.45. The van der Waals surface area contributed by atoms with E-state index in [0.29, 0.717) is 5.02 Å². The second kappa shape index (κ2) is 7.21. The van der Waals surface area contributed by atoms with E-state index in [1.54, 1.807) is 19.1 Å². The SMILES string of the molecule is Cc1ccc(NC(=O)COC(=O)c2sc3ccccc3c2Cl)c(F)c1. The van der Waals surface area contributed by atoms with Crippen molar-refractivity contribution in [3.05, 3.63) is 63.7 Å². The molecule has 1 aromatic heterocycles. The van der Waals surface area contributed by atoms with Crippen LogP contribution in [-0.2, 0) is 9.53 Å². The quantitative estimate of drug-likeness (QED) is 0.664. The van der Waals surface area contributed by atoms with Gasteiger partial charge in [0.1, 0.15) is 10.7 Å². The van der Waals surface area contributed by atoms with Gasteiger partial charge in [-0.1, -0.05) is 35.9 Å². The molecule has 0 fully saturated rings. The summed E-state index contributed by atoms with van der Waals surface area (Å²) in [6, 6.07) is 11.7. The van der Waals surface area contributed by atoms with E-state index in [1.165, 1.54) is 23.5 Å². The van der Waals surface area contributed by atoms with Crippen molar-refractivity contribution in [1.82, 2.24) is 0 Å². The Morgan fingerprint density at radius 1 is 1.24 bits per heavy atom. The molecule has 0 bridgehead atoms. The molecule has 0 unspecified atom stereocenters. The van der Waals surface area contributed by atoms with Crippen LogP contribution in [0.5, 0.6) is 0 Å². The molecule has 4 nitrogen and oxygen atoms in total. The molecule has 0 spiro atoms. The summed E-state index contributed by atoms with van der Waals surface area (Å²) in [6.07, 6.45) is 0. The molecule has 7 heteroatoms. The molecule has 0 radical (unpaired) electrons. The van der Waals surface area contributed by atoms with E-state index in [-0.39, 0.29) is 10.6 Å². The third-order valence-corrected chi connectivity index (χ3v) is 5.11. The monoisotopic (exact) mass is 377 g/mol. The number of aryl methyl sites for hydroxylation is 1. The van der Waals surface area contributed by atoms with Crippen LogP contribution in [0.2, 0.25) is 5.02 Å². The summed E-state index contributed by atoms with van der Waals surface area (Å²) in [4.78, 5) is 24.2. The molecular formula is C18H13ClFNO3S. The minimum absolute atomic E-state index is 0.0338. The third kappa shape index (κ3) is 3.81. The number of benzene rings is 2. The Morgan fingerprint density at radius 3 is 2.72 bits per heavy atom. The zero-order chi connectivity index (χ0) is 18.0. The number of fused-ring (bicyclic) bond motifs is 1. The molecule has 0 saturated carbocycles. The van der Waals surface area contributed by atoms with Crippen LogP contribution >= 0.6 is 22.9 Å². The fourth-order valence-electron chi connectivity index (χ4n) is 2.25. The van der Waals surface area contributed by atoms with E-state index in [1.807, 2.05) is 18.2 Å². The Hall–Kier alpha value is -2.44. The van der Waals surface area contributed by atoms with E-state index < -0.39 is 24.3 Å². The highest BCUT2D eigenvalue weighted by atomic mass is 35.5. The largest absolute Gasteiger partial charge is 0.451 e. The first-order valence-corrected chi connectivity index (χ1v) is 8.55. The van der Waals surface area contributed by atoms with Crippen LogP contribution in [0.25, 0.3) is 10.1 Å². The normalized spacial score (nSPS) is 10.7. The maximum absolute atomic E-state index is 13.7. The van der Waals surface area contributed by atoms with Gasteiger partial charge < -0.3 is 10.1 Å². The first kappa shape index (κ1) is 17.4. The lowest BCUT2D eigenvalue weighted by atomic mass is 10.2. The number of ether oxygens (including phenoxy) is 1. The Morgan fingerprint density at radius 2 is 2.00 bits per heavy atom. The van der Waals surface area contributed by atoms with Gasteiger partial charge in [-0.3, -0.25) is 4.79 Å². The highest BCUT2D eigenvalue weighted by Gasteiger charge is 2.19. The van der Waals surface area contributed by atoms with Crippen molar-refractivity contribution in [3.63, 3.8) is 0 Å². The molecule has 1 amide bonds. The molecule has 0 aliphatic heterocycles. The Bertz CT molecular complexity index is 970. The molecule has 0 saturated heterocycles. The van der Waals surface area contributed by atoms with Gasteiger partial charge in [0.05, 0.1) is 10.7 Å². The highest BCUT2D eigenvalue weighted by Crippen LogP contribution is 2.35. The average Bonchev–Trinajstić information content (AvgIpc) is 2.93. The van der Waals surface area contributed by atoms with Gasteiger partial charge in [-0.2, -0.15) is 0 Å². The van der Waals surface area contributed by atoms with Crippen molar-refractivity contribution in [1.29, 1.82) is 0 Å². The average molecular weight is 378 g/mol. The van der Waals surface area contributed by atoms with Gasteiger partial charge in [0.25, 0.3) is 5.91 Å². The molecule has 128 valence electrons. The molecule has 1 N–H and O–H groups in total. The van der Waals surface area contributed by atoms with Crippen molar-refractivity contribution in [2.75, 3.05) is 11.9 Å². The molecule has 1 heterocycles. The summed E-state index contributed by atoms with van der Waals surface area (Å²) in [5.74, 6) is -1.87. The van der Waals surface area contributed by atoms with Gasteiger partial charge in [-0.05, 0) is 30.7 Å². The minimum Gasteiger partial charge on any atom is -0.451 e. The molecule has 0 aliphatic carbocycles. The van der Waals surface area contributed by atoms with Gasteiger partial charge >= 0.3 is 5.97 Å². The zero-order valence-electron chi connectivity index (χ0n) is 13.1. The summed E-state index contributed by atoms with van der Waals surface area (Å²) >= 11 is 7.39. The molecular weight excluding hydrogens is 365 g/mol. The predicted octanol–water partition coefficient (Wildman–Crippen LogP) is 4.80. The molecule has 0 aliphatic rings. The lowest BCUT2D eigenvalue weighted by Gasteiger charge is -2.07. The van der Waals surface area contributed by atoms with Gasteiger partial charge in [0.15, 0.2) is 6.61 Å².